The van der Waals surface area contributed by atoms with Crippen LogP contribution in [-0.2, 0) is 4.74 Å². The topological polar surface area (TPSA) is 41.5 Å². The molecule has 0 aromatic rings. The Bertz CT molecular complexity index is 173. The van der Waals surface area contributed by atoms with Gasteiger partial charge < -0.3 is 15.2 Å². The van der Waals surface area contributed by atoms with Gasteiger partial charge in [0.05, 0.1) is 19.3 Å². The maximum absolute atomic E-state index is 9.69. The van der Waals surface area contributed by atoms with Crippen LogP contribution < -0.4 is 5.32 Å². The highest BCUT2D eigenvalue weighted by Gasteiger charge is 2.21. The lowest BCUT2D eigenvalue weighted by atomic mass is 9.93. The fourth-order valence-electron chi connectivity index (χ4n) is 1.93. The molecule has 0 aromatic carbocycles. The summed E-state index contributed by atoms with van der Waals surface area (Å²) in [5.74, 6) is 0. The molecule has 0 unspecified atom stereocenters. The monoisotopic (exact) mass is 213 g/mol. The van der Waals surface area contributed by atoms with Gasteiger partial charge in [-0.15, -0.1) is 6.58 Å². The van der Waals surface area contributed by atoms with Gasteiger partial charge in [0.25, 0.3) is 0 Å². The van der Waals surface area contributed by atoms with Crippen LogP contribution >= 0.6 is 0 Å². The molecular formula is C12H23NO2. The molecule has 2 atom stereocenters. The van der Waals surface area contributed by atoms with Crippen LogP contribution in [0.1, 0.15) is 32.1 Å². The molecule has 15 heavy (non-hydrogen) atoms. The lowest BCUT2D eigenvalue weighted by molar-refractivity contribution is 0.0809. The SMILES string of the molecule is C=CCCOCCN[C@@H]1CCCC[C@H]1O. The molecule has 1 saturated carbocycles. The highest BCUT2D eigenvalue weighted by molar-refractivity contribution is 4.79. The average molecular weight is 213 g/mol. The van der Waals surface area contributed by atoms with Gasteiger partial charge in [0.15, 0.2) is 0 Å². The molecule has 0 heterocycles. The minimum Gasteiger partial charge on any atom is -0.392 e. The standard InChI is InChI=1S/C12H23NO2/c1-2-3-9-15-10-8-13-11-6-4-5-7-12(11)14/h2,11-14H,1,3-10H2/t11-,12-/m1/s1. The second kappa shape index (κ2) is 7.85. The predicted octanol–water partition coefficient (Wildman–Crippen LogP) is 1.47. The molecule has 3 heteroatoms. The van der Waals surface area contributed by atoms with E-state index in [-0.39, 0.29) is 12.1 Å². The third-order valence-electron chi connectivity index (χ3n) is 2.85. The smallest absolute Gasteiger partial charge is 0.0693 e. The van der Waals surface area contributed by atoms with Crippen molar-refractivity contribution >= 4 is 0 Å². The Morgan fingerprint density at radius 2 is 2.13 bits per heavy atom. The van der Waals surface area contributed by atoms with Crippen molar-refractivity contribution < 1.29 is 9.84 Å². The number of aliphatic hydroxyl groups excluding tert-OH is 1. The molecule has 0 aliphatic heterocycles. The molecule has 2 N–H and O–H groups in total. The Morgan fingerprint density at radius 1 is 1.33 bits per heavy atom. The lowest BCUT2D eigenvalue weighted by Gasteiger charge is -2.28. The van der Waals surface area contributed by atoms with Gasteiger partial charge in [0, 0.05) is 12.6 Å². The Kier molecular flexibility index (Phi) is 6.64. The van der Waals surface area contributed by atoms with E-state index in [4.69, 9.17) is 4.74 Å². The number of aliphatic hydroxyl groups is 1. The van der Waals surface area contributed by atoms with Crippen molar-refractivity contribution in [2.75, 3.05) is 19.8 Å². The van der Waals surface area contributed by atoms with E-state index in [1.165, 1.54) is 6.42 Å². The highest BCUT2D eigenvalue weighted by Crippen LogP contribution is 2.17. The summed E-state index contributed by atoms with van der Waals surface area (Å²) >= 11 is 0. The van der Waals surface area contributed by atoms with Crippen molar-refractivity contribution in [3.05, 3.63) is 12.7 Å². The third-order valence-corrected chi connectivity index (χ3v) is 2.85. The summed E-state index contributed by atoms with van der Waals surface area (Å²) in [6.07, 6.45) is 7.03. The highest BCUT2D eigenvalue weighted by atomic mass is 16.5. The van der Waals surface area contributed by atoms with Crippen LogP contribution in [0.5, 0.6) is 0 Å². The quantitative estimate of drug-likeness (QED) is 0.497. The maximum atomic E-state index is 9.69. The van der Waals surface area contributed by atoms with E-state index in [9.17, 15) is 5.11 Å². The van der Waals surface area contributed by atoms with Gasteiger partial charge in [-0.2, -0.15) is 0 Å². The Morgan fingerprint density at radius 3 is 2.87 bits per heavy atom. The Balaban J connectivity index is 1.96. The van der Waals surface area contributed by atoms with Crippen LogP contribution in [0.25, 0.3) is 0 Å². The molecule has 0 bridgehead atoms. The van der Waals surface area contributed by atoms with E-state index >= 15 is 0 Å². The normalized spacial score (nSPS) is 26.5. The summed E-state index contributed by atoms with van der Waals surface area (Å²) < 4.78 is 5.38. The molecule has 0 spiro atoms. The molecule has 0 amide bonds. The zero-order valence-electron chi connectivity index (χ0n) is 9.45. The van der Waals surface area contributed by atoms with Crippen LogP contribution in [-0.4, -0.2) is 37.0 Å². The number of ether oxygens (including phenoxy) is 1. The van der Waals surface area contributed by atoms with Crippen LogP contribution in [0.4, 0.5) is 0 Å². The van der Waals surface area contributed by atoms with E-state index in [1.807, 2.05) is 6.08 Å². The largest absolute Gasteiger partial charge is 0.392 e. The van der Waals surface area contributed by atoms with Crippen LogP contribution in [0.15, 0.2) is 12.7 Å². The summed E-state index contributed by atoms with van der Waals surface area (Å²) in [5, 5.41) is 13.0. The summed E-state index contributed by atoms with van der Waals surface area (Å²) in [5.41, 5.74) is 0. The first-order valence-corrected chi connectivity index (χ1v) is 5.94. The zero-order chi connectivity index (χ0) is 10.9. The summed E-state index contributed by atoms with van der Waals surface area (Å²) in [6.45, 7) is 5.93. The van der Waals surface area contributed by atoms with Gasteiger partial charge in [0.1, 0.15) is 0 Å². The van der Waals surface area contributed by atoms with Crippen LogP contribution in [0.3, 0.4) is 0 Å². The molecule has 88 valence electrons. The van der Waals surface area contributed by atoms with E-state index in [0.29, 0.717) is 0 Å². The molecule has 1 fully saturated rings. The molecule has 0 saturated heterocycles. The van der Waals surface area contributed by atoms with E-state index in [0.717, 1.165) is 45.4 Å². The van der Waals surface area contributed by atoms with Gasteiger partial charge >= 0.3 is 0 Å². The maximum Gasteiger partial charge on any atom is 0.0693 e. The molecule has 0 radical (unpaired) electrons. The van der Waals surface area contributed by atoms with Crippen molar-refractivity contribution in [3.63, 3.8) is 0 Å². The van der Waals surface area contributed by atoms with Crippen molar-refractivity contribution in [3.8, 4) is 0 Å². The van der Waals surface area contributed by atoms with Crippen LogP contribution in [0, 0.1) is 0 Å². The molecule has 3 nitrogen and oxygen atoms in total. The van der Waals surface area contributed by atoms with Crippen molar-refractivity contribution in [2.24, 2.45) is 0 Å². The first kappa shape index (κ1) is 12.7. The molecular weight excluding hydrogens is 190 g/mol. The minimum atomic E-state index is -0.160. The van der Waals surface area contributed by atoms with Crippen molar-refractivity contribution in [1.29, 1.82) is 0 Å². The summed E-state index contributed by atoms with van der Waals surface area (Å²) in [6, 6.07) is 0.279. The van der Waals surface area contributed by atoms with Gasteiger partial charge in [-0.1, -0.05) is 18.9 Å². The van der Waals surface area contributed by atoms with E-state index in [2.05, 4.69) is 11.9 Å². The fourth-order valence-corrected chi connectivity index (χ4v) is 1.93. The van der Waals surface area contributed by atoms with E-state index < -0.39 is 0 Å². The van der Waals surface area contributed by atoms with Crippen molar-refractivity contribution in [1.82, 2.24) is 5.32 Å². The minimum absolute atomic E-state index is 0.160. The first-order valence-electron chi connectivity index (χ1n) is 5.94. The van der Waals surface area contributed by atoms with Gasteiger partial charge in [-0.05, 0) is 19.3 Å². The van der Waals surface area contributed by atoms with Crippen molar-refractivity contribution in [2.45, 2.75) is 44.2 Å². The first-order chi connectivity index (χ1) is 7.34. The number of nitrogens with one attached hydrogen (secondary N) is 1. The Labute approximate surface area is 92.5 Å². The molecule has 1 aliphatic rings. The summed E-state index contributed by atoms with van der Waals surface area (Å²) in [7, 11) is 0. The van der Waals surface area contributed by atoms with E-state index in [1.54, 1.807) is 0 Å². The van der Waals surface area contributed by atoms with Gasteiger partial charge in [-0.3, -0.25) is 0 Å². The lowest BCUT2D eigenvalue weighted by Crippen LogP contribution is -2.43. The molecule has 0 aromatic heterocycles. The van der Waals surface area contributed by atoms with Crippen LogP contribution in [0.2, 0.25) is 0 Å². The third kappa shape index (κ3) is 5.30. The predicted molar refractivity (Wildman–Crippen MR) is 61.9 cm³/mol. The number of rotatable bonds is 7. The average Bonchev–Trinajstić information content (AvgIpc) is 2.25. The second-order valence-corrected chi connectivity index (χ2v) is 4.10. The Hall–Kier alpha value is -0.380. The van der Waals surface area contributed by atoms with Gasteiger partial charge in [-0.25, -0.2) is 0 Å². The summed E-state index contributed by atoms with van der Waals surface area (Å²) in [4.78, 5) is 0. The number of hydrogen-bond acceptors (Lipinski definition) is 3. The molecule has 1 aliphatic carbocycles. The fraction of sp³-hybridized carbons (Fsp3) is 0.833. The molecule has 1 rings (SSSR count). The van der Waals surface area contributed by atoms with Gasteiger partial charge in [0.2, 0.25) is 0 Å². The second-order valence-electron chi connectivity index (χ2n) is 4.10. The zero-order valence-corrected chi connectivity index (χ0v) is 9.45. The number of hydrogen-bond donors (Lipinski definition) is 2.